The van der Waals surface area contributed by atoms with Crippen LogP contribution in [0.1, 0.15) is 68.8 Å². The molecule has 4 atom stereocenters. The number of carbonyl (C=O) groups excluding carboxylic acids is 3. The first-order chi connectivity index (χ1) is 14.5. The van der Waals surface area contributed by atoms with Crippen molar-refractivity contribution in [3.63, 3.8) is 0 Å². The smallest absolute Gasteiger partial charge is 0.274 e. The van der Waals surface area contributed by atoms with Crippen LogP contribution < -0.4 is 10.6 Å². The van der Waals surface area contributed by atoms with Gasteiger partial charge in [0.2, 0.25) is 11.8 Å². The standard InChI is InChI=1S/C22H30N4O4/c1-22-14-15(22)8-5-3-2-4-6-9-17(23-19(27)16-11-13-30-25-16)21(29)26-12-7-10-18(26)20(28)24-22/h5,8,11,13,15,17-18H,2-4,6-7,9-10,12,14H2,1H3,(H,23,27)(H,24,28)/b8-5-/t15-,17+,18?,22-/m1/s1. The average Bonchev–Trinajstić information content (AvgIpc) is 3.18. The van der Waals surface area contributed by atoms with Crippen molar-refractivity contribution in [2.24, 2.45) is 5.92 Å². The van der Waals surface area contributed by atoms with E-state index in [-0.39, 0.29) is 23.0 Å². The Bertz CT molecular complexity index is 821. The maximum Gasteiger partial charge on any atom is 0.274 e. The summed E-state index contributed by atoms with van der Waals surface area (Å²) in [5.74, 6) is -0.339. The van der Waals surface area contributed by atoms with E-state index in [2.05, 4.69) is 34.9 Å². The molecule has 2 aliphatic heterocycles. The molecular formula is C22H30N4O4. The van der Waals surface area contributed by atoms with Crippen molar-refractivity contribution in [3.05, 3.63) is 30.2 Å². The molecule has 0 spiro atoms. The van der Waals surface area contributed by atoms with Crippen LogP contribution in [0.3, 0.4) is 0 Å². The quantitative estimate of drug-likeness (QED) is 0.722. The molecule has 4 rings (SSSR count). The molecule has 3 aliphatic rings. The van der Waals surface area contributed by atoms with E-state index in [1.54, 1.807) is 4.90 Å². The van der Waals surface area contributed by atoms with Crippen LogP contribution in [0.25, 0.3) is 0 Å². The summed E-state index contributed by atoms with van der Waals surface area (Å²) >= 11 is 0. The largest absolute Gasteiger partial charge is 0.364 e. The summed E-state index contributed by atoms with van der Waals surface area (Å²) in [6, 6.07) is 0.320. The zero-order valence-corrected chi connectivity index (χ0v) is 17.4. The first-order valence-corrected chi connectivity index (χ1v) is 11.0. The molecule has 8 nitrogen and oxygen atoms in total. The fraction of sp³-hybridized carbons (Fsp3) is 0.636. The predicted molar refractivity (Wildman–Crippen MR) is 109 cm³/mol. The van der Waals surface area contributed by atoms with Crippen LogP contribution in [0.2, 0.25) is 0 Å². The number of hydrogen-bond donors (Lipinski definition) is 2. The highest BCUT2D eigenvalue weighted by Crippen LogP contribution is 2.44. The Hall–Kier alpha value is -2.64. The number of nitrogens with one attached hydrogen (secondary N) is 2. The molecule has 0 bridgehead atoms. The first-order valence-electron chi connectivity index (χ1n) is 11.0. The lowest BCUT2D eigenvalue weighted by Gasteiger charge is -2.29. The summed E-state index contributed by atoms with van der Waals surface area (Å²) in [4.78, 5) is 40.5. The van der Waals surface area contributed by atoms with Crippen molar-refractivity contribution in [1.29, 1.82) is 0 Å². The van der Waals surface area contributed by atoms with E-state index in [0.29, 0.717) is 25.3 Å². The molecule has 162 valence electrons. The van der Waals surface area contributed by atoms with Crippen molar-refractivity contribution in [2.45, 2.75) is 75.9 Å². The Kier molecular flexibility index (Phi) is 5.92. The van der Waals surface area contributed by atoms with Crippen molar-refractivity contribution in [2.75, 3.05) is 6.54 Å². The lowest BCUT2D eigenvalue weighted by Crippen LogP contribution is -2.54. The molecule has 1 unspecified atom stereocenters. The van der Waals surface area contributed by atoms with Gasteiger partial charge in [-0.1, -0.05) is 30.2 Å². The third-order valence-corrected chi connectivity index (χ3v) is 6.56. The highest BCUT2D eigenvalue weighted by Gasteiger charge is 2.51. The van der Waals surface area contributed by atoms with Crippen molar-refractivity contribution >= 4 is 17.7 Å². The second-order valence-corrected chi connectivity index (χ2v) is 8.88. The maximum atomic E-state index is 13.4. The Labute approximate surface area is 176 Å². The summed E-state index contributed by atoms with van der Waals surface area (Å²) in [5.41, 5.74) is -0.0710. The molecule has 3 amide bonds. The van der Waals surface area contributed by atoms with Crippen molar-refractivity contribution < 1.29 is 18.9 Å². The van der Waals surface area contributed by atoms with Crippen LogP contribution in [0.4, 0.5) is 0 Å². The fourth-order valence-electron chi connectivity index (χ4n) is 4.56. The third kappa shape index (κ3) is 4.42. The first kappa shape index (κ1) is 20.6. The molecule has 1 aromatic rings. The highest BCUT2D eigenvalue weighted by molar-refractivity contribution is 5.97. The summed E-state index contributed by atoms with van der Waals surface area (Å²) in [6.45, 7) is 2.60. The zero-order chi connectivity index (χ0) is 21.1. The van der Waals surface area contributed by atoms with E-state index in [1.807, 2.05) is 0 Å². The Morgan fingerprint density at radius 2 is 2.13 bits per heavy atom. The summed E-state index contributed by atoms with van der Waals surface area (Å²) in [5, 5.41) is 9.65. The number of hydrogen-bond acceptors (Lipinski definition) is 5. The molecule has 1 aromatic heterocycles. The normalized spacial score (nSPS) is 33.5. The summed E-state index contributed by atoms with van der Waals surface area (Å²) in [6.07, 6.45) is 12.5. The van der Waals surface area contributed by atoms with E-state index in [4.69, 9.17) is 4.52 Å². The maximum absolute atomic E-state index is 13.4. The molecule has 2 fully saturated rings. The van der Waals surface area contributed by atoms with Crippen LogP contribution >= 0.6 is 0 Å². The Morgan fingerprint density at radius 1 is 1.27 bits per heavy atom. The van der Waals surface area contributed by atoms with Gasteiger partial charge in [-0.15, -0.1) is 0 Å². The zero-order valence-electron chi connectivity index (χ0n) is 17.4. The predicted octanol–water partition coefficient (Wildman–Crippen LogP) is 2.18. The number of nitrogens with zero attached hydrogens (tertiary/aromatic N) is 2. The SMILES string of the molecule is C[C@@]12C[C@H]1/C=C\CCCCC[C@H](NC(=O)c1ccon1)C(=O)N1CCCC1C(=O)N2. The van der Waals surface area contributed by atoms with E-state index < -0.39 is 18.0 Å². The number of fused-ring (bicyclic) bond motifs is 2. The van der Waals surface area contributed by atoms with Gasteiger partial charge in [0, 0.05) is 24.1 Å². The van der Waals surface area contributed by atoms with Gasteiger partial charge in [0.25, 0.3) is 5.91 Å². The summed E-state index contributed by atoms with van der Waals surface area (Å²) < 4.78 is 4.74. The summed E-state index contributed by atoms with van der Waals surface area (Å²) in [7, 11) is 0. The number of allylic oxidation sites excluding steroid dienone is 1. The Balaban J connectivity index is 1.51. The number of amides is 3. The van der Waals surface area contributed by atoms with Gasteiger partial charge in [0.05, 0.1) is 0 Å². The van der Waals surface area contributed by atoms with Crippen LogP contribution in [-0.4, -0.2) is 51.9 Å². The minimum Gasteiger partial charge on any atom is -0.364 e. The molecule has 1 saturated carbocycles. The van der Waals surface area contributed by atoms with Gasteiger partial charge in [-0.3, -0.25) is 14.4 Å². The van der Waals surface area contributed by atoms with Crippen molar-refractivity contribution in [1.82, 2.24) is 20.7 Å². The van der Waals surface area contributed by atoms with Crippen molar-refractivity contribution in [3.8, 4) is 0 Å². The molecule has 0 aromatic carbocycles. The van der Waals surface area contributed by atoms with Crippen LogP contribution in [0.5, 0.6) is 0 Å². The molecule has 30 heavy (non-hydrogen) atoms. The van der Waals surface area contributed by atoms with E-state index >= 15 is 0 Å². The lowest BCUT2D eigenvalue weighted by molar-refractivity contribution is -0.140. The van der Waals surface area contributed by atoms with E-state index in [0.717, 1.165) is 38.5 Å². The van der Waals surface area contributed by atoms with Crippen LogP contribution in [-0.2, 0) is 9.59 Å². The molecule has 2 N–H and O–H groups in total. The molecular weight excluding hydrogens is 384 g/mol. The van der Waals surface area contributed by atoms with Gasteiger partial charge < -0.3 is 20.1 Å². The van der Waals surface area contributed by atoms with Crippen LogP contribution in [0.15, 0.2) is 29.0 Å². The number of rotatable bonds is 2. The lowest BCUT2D eigenvalue weighted by atomic mass is 10.0. The topological polar surface area (TPSA) is 105 Å². The Morgan fingerprint density at radius 3 is 2.93 bits per heavy atom. The van der Waals surface area contributed by atoms with Gasteiger partial charge in [-0.25, -0.2) is 0 Å². The third-order valence-electron chi connectivity index (χ3n) is 6.56. The average molecular weight is 415 g/mol. The molecule has 3 heterocycles. The van der Waals surface area contributed by atoms with Gasteiger partial charge in [0.15, 0.2) is 5.69 Å². The fourth-order valence-corrected chi connectivity index (χ4v) is 4.56. The number of aromatic nitrogens is 1. The minimum atomic E-state index is -0.674. The molecule has 0 radical (unpaired) electrons. The van der Waals surface area contributed by atoms with Gasteiger partial charge in [-0.05, 0) is 45.4 Å². The van der Waals surface area contributed by atoms with Gasteiger partial charge >= 0.3 is 0 Å². The monoisotopic (exact) mass is 414 g/mol. The van der Waals surface area contributed by atoms with Gasteiger partial charge in [0.1, 0.15) is 18.3 Å². The van der Waals surface area contributed by atoms with Crippen LogP contribution in [0, 0.1) is 5.92 Å². The molecule has 1 aliphatic carbocycles. The molecule has 8 heteroatoms. The second kappa shape index (κ2) is 8.62. The van der Waals surface area contributed by atoms with E-state index in [9.17, 15) is 14.4 Å². The minimum absolute atomic E-state index is 0.0873. The second-order valence-electron chi connectivity index (χ2n) is 8.88. The molecule has 1 saturated heterocycles. The van der Waals surface area contributed by atoms with E-state index in [1.165, 1.54) is 12.3 Å². The van der Waals surface area contributed by atoms with Gasteiger partial charge in [-0.2, -0.15) is 0 Å². The highest BCUT2D eigenvalue weighted by atomic mass is 16.5. The number of carbonyl (C=O) groups is 3.